The number of primary amides is 1. The number of carbonyl (C=O) groups excluding carboxylic acids is 2. The number of nitrogens with zero attached hydrogens (tertiary/aromatic N) is 3. The van der Waals surface area contributed by atoms with Crippen LogP contribution in [0.15, 0.2) is 70.2 Å². The summed E-state index contributed by atoms with van der Waals surface area (Å²) in [5.74, 6) is -0.227. The molecular formula is C24H22N6O5S. The van der Waals surface area contributed by atoms with Gasteiger partial charge in [-0.15, -0.1) is 0 Å². The minimum absolute atomic E-state index is 0.124. The summed E-state index contributed by atoms with van der Waals surface area (Å²) in [6.07, 6.45) is 1.48. The van der Waals surface area contributed by atoms with E-state index in [2.05, 4.69) is 15.1 Å². The second-order valence-corrected chi connectivity index (χ2v) is 10.6. The number of nitrogens with two attached hydrogens (primary N) is 2. The second kappa shape index (κ2) is 9.58. The van der Waals surface area contributed by atoms with Crippen LogP contribution in [-0.2, 0) is 9.84 Å². The summed E-state index contributed by atoms with van der Waals surface area (Å²) in [7, 11) is -3.39. The zero-order valence-electron chi connectivity index (χ0n) is 19.3. The van der Waals surface area contributed by atoms with Crippen molar-refractivity contribution < 1.29 is 22.5 Å². The number of nitrogen functional groups attached to an aromatic ring is 1. The van der Waals surface area contributed by atoms with Crippen LogP contribution in [0.25, 0.3) is 34.0 Å². The van der Waals surface area contributed by atoms with Crippen LogP contribution in [0.4, 0.5) is 10.6 Å². The van der Waals surface area contributed by atoms with Crippen molar-refractivity contribution in [3.05, 3.63) is 66.4 Å². The molecule has 0 saturated carbocycles. The zero-order valence-corrected chi connectivity index (χ0v) is 20.1. The van der Waals surface area contributed by atoms with Crippen molar-refractivity contribution in [3.8, 4) is 34.0 Å². The first kappa shape index (κ1) is 24.5. The normalized spacial score (nSPS) is 11.4. The standard InChI is InChI=1S/C24H22N6O5S/c1-13(2)36(33,34)17-9-7-15(8-10-17)19-12-27-22(25)21(28-19)20-11-18(30-35-20)14-3-5-16(6-4-14)23(31)29-24(26)32/h3-13H,1-2H3,(H2,25,27)(H3,26,29,31,32). The van der Waals surface area contributed by atoms with E-state index in [4.69, 9.17) is 16.0 Å². The minimum atomic E-state index is -3.39. The van der Waals surface area contributed by atoms with Gasteiger partial charge in [0, 0.05) is 22.8 Å². The fourth-order valence-corrected chi connectivity index (χ4v) is 4.37. The molecule has 0 atom stereocenters. The Morgan fingerprint density at radius 2 is 1.58 bits per heavy atom. The van der Waals surface area contributed by atoms with Crippen molar-refractivity contribution in [1.29, 1.82) is 0 Å². The lowest BCUT2D eigenvalue weighted by atomic mass is 10.1. The maximum absolute atomic E-state index is 12.4. The van der Waals surface area contributed by atoms with Gasteiger partial charge in [0.05, 0.1) is 22.0 Å². The third-order valence-electron chi connectivity index (χ3n) is 5.32. The smallest absolute Gasteiger partial charge is 0.319 e. The third kappa shape index (κ3) is 4.93. The molecule has 36 heavy (non-hydrogen) atoms. The Labute approximate surface area is 206 Å². The summed E-state index contributed by atoms with van der Waals surface area (Å²) in [5.41, 5.74) is 13.7. The molecule has 0 aliphatic rings. The highest BCUT2D eigenvalue weighted by Gasteiger charge is 2.20. The Morgan fingerprint density at radius 1 is 0.972 bits per heavy atom. The number of nitrogens with one attached hydrogen (secondary N) is 1. The molecule has 2 aromatic carbocycles. The zero-order chi connectivity index (χ0) is 26.0. The topological polar surface area (TPSA) is 184 Å². The molecule has 0 bridgehead atoms. The van der Waals surface area contributed by atoms with Gasteiger partial charge in [0.1, 0.15) is 5.69 Å². The molecular weight excluding hydrogens is 484 g/mol. The van der Waals surface area contributed by atoms with E-state index in [9.17, 15) is 18.0 Å². The van der Waals surface area contributed by atoms with Crippen molar-refractivity contribution in [2.75, 3.05) is 5.73 Å². The highest BCUT2D eigenvalue weighted by atomic mass is 32.2. The predicted octanol–water partition coefficient (Wildman–Crippen LogP) is 3.04. The van der Waals surface area contributed by atoms with Crippen LogP contribution in [0.1, 0.15) is 24.2 Å². The number of hydrogen-bond donors (Lipinski definition) is 3. The lowest BCUT2D eigenvalue weighted by molar-refractivity contribution is 0.0966. The van der Waals surface area contributed by atoms with Crippen LogP contribution in [0.3, 0.4) is 0 Å². The fraction of sp³-hybridized carbons (Fsp3) is 0.125. The molecule has 0 radical (unpaired) electrons. The minimum Gasteiger partial charge on any atom is -0.382 e. The van der Waals surface area contributed by atoms with Gasteiger partial charge in [0.2, 0.25) is 0 Å². The summed E-state index contributed by atoms with van der Waals surface area (Å²) in [5, 5.41) is 5.50. The molecule has 0 aliphatic carbocycles. The van der Waals surface area contributed by atoms with Gasteiger partial charge in [-0.1, -0.05) is 29.4 Å². The van der Waals surface area contributed by atoms with Crippen LogP contribution in [0, 0.1) is 0 Å². The maximum atomic E-state index is 12.4. The largest absolute Gasteiger partial charge is 0.382 e. The number of urea groups is 1. The number of hydrogen-bond acceptors (Lipinski definition) is 9. The van der Waals surface area contributed by atoms with Gasteiger partial charge in [0.15, 0.2) is 27.1 Å². The van der Waals surface area contributed by atoms with Gasteiger partial charge >= 0.3 is 6.03 Å². The average molecular weight is 507 g/mol. The molecule has 0 fully saturated rings. The van der Waals surface area contributed by atoms with Gasteiger partial charge in [-0.05, 0) is 38.1 Å². The summed E-state index contributed by atoms with van der Waals surface area (Å²) >= 11 is 0. The molecule has 0 saturated heterocycles. The van der Waals surface area contributed by atoms with Gasteiger partial charge in [-0.2, -0.15) is 0 Å². The van der Waals surface area contributed by atoms with E-state index < -0.39 is 27.0 Å². The molecule has 3 amide bonds. The van der Waals surface area contributed by atoms with Crippen molar-refractivity contribution in [2.45, 2.75) is 24.0 Å². The van der Waals surface area contributed by atoms with Crippen LogP contribution >= 0.6 is 0 Å². The number of aromatic nitrogens is 3. The maximum Gasteiger partial charge on any atom is 0.319 e. The van der Waals surface area contributed by atoms with Crippen molar-refractivity contribution >= 4 is 27.6 Å². The Bertz CT molecular complexity index is 1540. The SMILES string of the molecule is CC(C)S(=O)(=O)c1ccc(-c2cnc(N)c(-c3cc(-c4ccc(C(=O)NC(N)=O)cc4)no3)n2)cc1. The lowest BCUT2D eigenvalue weighted by Crippen LogP contribution is -2.34. The van der Waals surface area contributed by atoms with Crippen LogP contribution in [-0.4, -0.2) is 40.7 Å². The Morgan fingerprint density at radius 3 is 2.19 bits per heavy atom. The van der Waals surface area contributed by atoms with Crippen molar-refractivity contribution in [2.24, 2.45) is 5.73 Å². The predicted molar refractivity (Wildman–Crippen MR) is 132 cm³/mol. The molecule has 184 valence electrons. The van der Waals surface area contributed by atoms with Crippen LogP contribution < -0.4 is 16.8 Å². The molecule has 4 rings (SSSR count). The van der Waals surface area contributed by atoms with E-state index >= 15 is 0 Å². The Hall–Kier alpha value is -4.58. The average Bonchev–Trinajstić information content (AvgIpc) is 3.34. The van der Waals surface area contributed by atoms with Gasteiger partial charge in [0.25, 0.3) is 5.91 Å². The molecule has 5 N–H and O–H groups in total. The van der Waals surface area contributed by atoms with Crippen LogP contribution in [0.5, 0.6) is 0 Å². The summed E-state index contributed by atoms with van der Waals surface area (Å²) < 4.78 is 30.2. The second-order valence-electron chi connectivity index (χ2n) is 8.08. The number of carbonyl (C=O) groups is 2. The lowest BCUT2D eigenvalue weighted by Gasteiger charge is -2.09. The summed E-state index contributed by atoms with van der Waals surface area (Å²) in [4.78, 5) is 31.7. The van der Waals surface area contributed by atoms with E-state index in [1.165, 1.54) is 30.5 Å². The highest BCUT2D eigenvalue weighted by molar-refractivity contribution is 7.92. The highest BCUT2D eigenvalue weighted by Crippen LogP contribution is 2.30. The van der Waals surface area contributed by atoms with Gasteiger partial charge < -0.3 is 16.0 Å². The molecule has 0 unspecified atom stereocenters. The van der Waals surface area contributed by atoms with Gasteiger partial charge in [-0.3, -0.25) is 10.1 Å². The number of sulfone groups is 1. The van der Waals surface area contributed by atoms with E-state index in [0.29, 0.717) is 22.5 Å². The number of benzene rings is 2. The first-order valence-electron chi connectivity index (χ1n) is 10.7. The summed E-state index contributed by atoms with van der Waals surface area (Å²) in [6, 6.07) is 13.3. The number of rotatable bonds is 6. The molecule has 0 spiro atoms. The van der Waals surface area contributed by atoms with Gasteiger partial charge in [-0.25, -0.2) is 23.2 Å². The Kier molecular flexibility index (Phi) is 6.53. The molecule has 2 aromatic heterocycles. The van der Waals surface area contributed by atoms with E-state index in [0.717, 1.165) is 0 Å². The quantitative estimate of drug-likeness (QED) is 0.353. The third-order valence-corrected chi connectivity index (χ3v) is 7.49. The fourth-order valence-electron chi connectivity index (χ4n) is 3.31. The molecule has 4 aromatic rings. The van der Waals surface area contributed by atoms with Crippen LogP contribution in [0.2, 0.25) is 0 Å². The summed E-state index contributed by atoms with van der Waals surface area (Å²) in [6.45, 7) is 3.25. The van der Waals surface area contributed by atoms with Crippen molar-refractivity contribution in [1.82, 2.24) is 20.4 Å². The van der Waals surface area contributed by atoms with E-state index in [-0.39, 0.29) is 27.7 Å². The Balaban J connectivity index is 1.60. The molecule has 0 aliphatic heterocycles. The molecule has 11 nitrogen and oxygen atoms in total. The molecule has 2 heterocycles. The number of anilines is 1. The van der Waals surface area contributed by atoms with Crippen molar-refractivity contribution in [3.63, 3.8) is 0 Å². The number of imide groups is 1. The van der Waals surface area contributed by atoms with E-state index in [1.807, 2.05) is 5.32 Å². The molecule has 12 heteroatoms. The first-order valence-corrected chi connectivity index (χ1v) is 12.3. The van der Waals surface area contributed by atoms with E-state index in [1.54, 1.807) is 44.2 Å². The monoisotopic (exact) mass is 506 g/mol. The first-order chi connectivity index (χ1) is 17.1. The number of amides is 3.